The number of nitro benzene ring substituents is 1. The van der Waals surface area contributed by atoms with Gasteiger partial charge < -0.3 is 19.9 Å². The first-order valence-electron chi connectivity index (χ1n) is 9.54. The van der Waals surface area contributed by atoms with Crippen LogP contribution >= 0.6 is 27.3 Å². The Bertz CT molecular complexity index is 1010. The van der Waals surface area contributed by atoms with Crippen molar-refractivity contribution in [2.75, 3.05) is 36.4 Å². The van der Waals surface area contributed by atoms with E-state index >= 15 is 0 Å². The number of benzene rings is 1. The van der Waals surface area contributed by atoms with Gasteiger partial charge in [-0.1, -0.05) is 27.3 Å². The van der Waals surface area contributed by atoms with Gasteiger partial charge in [-0.25, -0.2) is 13.6 Å². The molecule has 174 valence electrons. The van der Waals surface area contributed by atoms with Crippen molar-refractivity contribution in [1.82, 2.24) is 15.1 Å². The van der Waals surface area contributed by atoms with Crippen LogP contribution < -0.4 is 10.2 Å². The lowest BCUT2D eigenvalue weighted by atomic mass is 10.2. The Balaban J connectivity index is 1.82. The zero-order valence-electron chi connectivity index (χ0n) is 17.5. The van der Waals surface area contributed by atoms with Crippen molar-refractivity contribution in [3.05, 3.63) is 31.7 Å². The summed E-state index contributed by atoms with van der Waals surface area (Å²) in [7, 11) is 0. The number of halogens is 3. The minimum atomic E-state index is -2.78. The summed E-state index contributed by atoms with van der Waals surface area (Å²) in [5, 5.41) is 21.2. The van der Waals surface area contributed by atoms with Gasteiger partial charge in [-0.2, -0.15) is 0 Å². The summed E-state index contributed by atoms with van der Waals surface area (Å²) in [6.07, 6.45) is -3.22. The molecule has 14 heteroatoms. The van der Waals surface area contributed by atoms with Crippen LogP contribution in [0.5, 0.6) is 0 Å². The highest BCUT2D eigenvalue weighted by molar-refractivity contribution is 9.10. The summed E-state index contributed by atoms with van der Waals surface area (Å²) in [5.41, 5.74) is -0.430. The maximum absolute atomic E-state index is 12.8. The number of hydrogen-bond donors (Lipinski definition) is 1. The lowest BCUT2D eigenvalue weighted by Crippen LogP contribution is -2.50. The first kappa shape index (κ1) is 24.0. The summed E-state index contributed by atoms with van der Waals surface area (Å²) < 4.78 is 31.5. The third-order valence-electron chi connectivity index (χ3n) is 4.38. The second kappa shape index (κ2) is 9.48. The van der Waals surface area contributed by atoms with Gasteiger partial charge in [-0.3, -0.25) is 10.1 Å². The molecule has 1 amide bonds. The lowest BCUT2D eigenvalue weighted by Gasteiger charge is -2.36. The van der Waals surface area contributed by atoms with Crippen LogP contribution in [0.1, 0.15) is 32.2 Å². The number of aromatic nitrogens is 2. The van der Waals surface area contributed by atoms with Gasteiger partial charge in [0, 0.05) is 30.7 Å². The average Bonchev–Trinajstić information content (AvgIpc) is 3.15. The van der Waals surface area contributed by atoms with Gasteiger partial charge in [-0.05, 0) is 32.9 Å². The Morgan fingerprint density at radius 3 is 2.47 bits per heavy atom. The Morgan fingerprint density at radius 1 is 1.28 bits per heavy atom. The predicted octanol–water partition coefficient (Wildman–Crippen LogP) is 4.95. The van der Waals surface area contributed by atoms with E-state index in [4.69, 9.17) is 4.74 Å². The summed E-state index contributed by atoms with van der Waals surface area (Å²) in [6.45, 7) is 6.70. The van der Waals surface area contributed by atoms with E-state index in [2.05, 4.69) is 31.4 Å². The van der Waals surface area contributed by atoms with Crippen molar-refractivity contribution in [2.45, 2.75) is 32.8 Å². The number of nitro groups is 1. The van der Waals surface area contributed by atoms with E-state index in [0.29, 0.717) is 47.7 Å². The Hall–Kier alpha value is -2.61. The minimum absolute atomic E-state index is 0.0159. The summed E-state index contributed by atoms with van der Waals surface area (Å²) >= 11 is 3.96. The number of nitrogens with zero attached hydrogens (tertiary/aromatic N) is 5. The monoisotopic (exact) mass is 534 g/mol. The fraction of sp³-hybridized carbons (Fsp3) is 0.500. The standard InChI is InChI=1S/C18H21BrF2N6O4S/c1-18(2,3)31-17(28)26-6-4-25(5-7-26)12-9-10(19)8-11(13(12)27(29)30)22-16-24-23-15(32-16)14(20)21/h8-9,14H,4-7H2,1-3H3,(H,22,24). The maximum Gasteiger partial charge on any atom is 0.410 e. The number of ether oxygens (including phenoxy) is 1. The van der Waals surface area contributed by atoms with Crippen LogP contribution in [0.2, 0.25) is 0 Å². The number of piperazine rings is 1. The first-order chi connectivity index (χ1) is 14.9. The second-order valence-electron chi connectivity index (χ2n) is 7.90. The van der Waals surface area contributed by atoms with E-state index in [1.807, 2.05) is 0 Å². The zero-order valence-corrected chi connectivity index (χ0v) is 19.9. The number of nitrogens with one attached hydrogen (secondary N) is 1. The topological polar surface area (TPSA) is 114 Å². The molecule has 32 heavy (non-hydrogen) atoms. The number of anilines is 3. The molecule has 1 aliphatic heterocycles. The molecule has 0 aliphatic carbocycles. The highest BCUT2D eigenvalue weighted by atomic mass is 79.9. The molecular formula is C18H21BrF2N6O4S. The molecule has 0 atom stereocenters. The smallest absolute Gasteiger partial charge is 0.410 e. The van der Waals surface area contributed by atoms with Gasteiger partial charge in [0.05, 0.1) is 4.92 Å². The van der Waals surface area contributed by atoms with Crippen molar-refractivity contribution in [3.8, 4) is 0 Å². The van der Waals surface area contributed by atoms with Crippen molar-refractivity contribution in [1.29, 1.82) is 0 Å². The average molecular weight is 535 g/mol. The molecule has 0 saturated carbocycles. The Labute approximate surface area is 194 Å². The highest BCUT2D eigenvalue weighted by Crippen LogP contribution is 2.41. The molecule has 2 aromatic rings. The van der Waals surface area contributed by atoms with Crippen LogP contribution in [0.4, 0.5) is 35.8 Å². The number of rotatable bonds is 5. The third kappa shape index (κ3) is 5.79. The van der Waals surface area contributed by atoms with E-state index < -0.39 is 28.1 Å². The van der Waals surface area contributed by atoms with Crippen LogP contribution in [-0.4, -0.2) is 57.9 Å². The fourth-order valence-corrected chi connectivity index (χ4v) is 4.12. The molecule has 1 N–H and O–H groups in total. The molecule has 0 spiro atoms. The van der Waals surface area contributed by atoms with Crippen LogP contribution in [0.3, 0.4) is 0 Å². The molecule has 0 unspecified atom stereocenters. The van der Waals surface area contributed by atoms with E-state index in [9.17, 15) is 23.7 Å². The van der Waals surface area contributed by atoms with Crippen LogP contribution in [-0.2, 0) is 4.74 Å². The van der Waals surface area contributed by atoms with Gasteiger partial charge >= 0.3 is 11.8 Å². The van der Waals surface area contributed by atoms with Crippen molar-refractivity contribution in [2.24, 2.45) is 0 Å². The number of carbonyl (C=O) groups is 1. The molecule has 1 saturated heterocycles. The first-order valence-corrected chi connectivity index (χ1v) is 11.1. The minimum Gasteiger partial charge on any atom is -0.444 e. The number of amides is 1. The maximum atomic E-state index is 12.8. The van der Waals surface area contributed by atoms with Gasteiger partial charge in [0.25, 0.3) is 6.43 Å². The summed E-state index contributed by atoms with van der Waals surface area (Å²) in [6, 6.07) is 3.08. The third-order valence-corrected chi connectivity index (χ3v) is 5.68. The van der Waals surface area contributed by atoms with Gasteiger partial charge in [0.1, 0.15) is 17.0 Å². The molecule has 1 aliphatic rings. The van der Waals surface area contributed by atoms with Crippen LogP contribution in [0.25, 0.3) is 0 Å². The SMILES string of the molecule is CC(C)(C)OC(=O)N1CCN(c2cc(Br)cc(Nc3nnc(C(F)F)s3)c2[N+](=O)[O-])CC1. The summed E-state index contributed by atoms with van der Waals surface area (Å²) in [5.74, 6) is 0. The van der Waals surface area contributed by atoms with Crippen molar-refractivity contribution in [3.63, 3.8) is 0 Å². The number of carbonyl (C=O) groups excluding carboxylic acids is 1. The van der Waals surface area contributed by atoms with E-state index in [-0.39, 0.29) is 16.5 Å². The molecule has 1 aromatic carbocycles. The van der Waals surface area contributed by atoms with Crippen molar-refractivity contribution >= 4 is 55.6 Å². The molecule has 2 heterocycles. The van der Waals surface area contributed by atoms with E-state index in [0.717, 1.165) is 0 Å². The quantitative estimate of drug-likeness (QED) is 0.423. The Morgan fingerprint density at radius 2 is 1.94 bits per heavy atom. The highest BCUT2D eigenvalue weighted by Gasteiger charge is 2.31. The normalized spacial score (nSPS) is 14.6. The molecule has 1 aromatic heterocycles. The zero-order chi connectivity index (χ0) is 23.6. The van der Waals surface area contributed by atoms with E-state index in [1.54, 1.807) is 36.6 Å². The second-order valence-corrected chi connectivity index (χ2v) is 9.83. The van der Waals surface area contributed by atoms with Crippen LogP contribution in [0, 0.1) is 10.1 Å². The van der Waals surface area contributed by atoms with Gasteiger partial charge in [0.2, 0.25) is 5.13 Å². The molecule has 1 fully saturated rings. The molecule has 3 rings (SSSR count). The lowest BCUT2D eigenvalue weighted by molar-refractivity contribution is -0.383. The molecule has 0 radical (unpaired) electrons. The molecule has 0 bridgehead atoms. The van der Waals surface area contributed by atoms with Crippen molar-refractivity contribution < 1.29 is 23.2 Å². The van der Waals surface area contributed by atoms with Crippen LogP contribution in [0.15, 0.2) is 16.6 Å². The van der Waals surface area contributed by atoms with Gasteiger partial charge in [-0.15, -0.1) is 10.2 Å². The van der Waals surface area contributed by atoms with Gasteiger partial charge in [0.15, 0.2) is 5.01 Å². The largest absolute Gasteiger partial charge is 0.444 e. The summed E-state index contributed by atoms with van der Waals surface area (Å²) in [4.78, 5) is 27.0. The Kier molecular flexibility index (Phi) is 7.12. The predicted molar refractivity (Wildman–Crippen MR) is 119 cm³/mol. The van der Waals surface area contributed by atoms with E-state index in [1.165, 1.54) is 6.07 Å². The number of alkyl halides is 2. The molecule has 10 nitrogen and oxygen atoms in total. The molecular weight excluding hydrogens is 514 g/mol. The fourth-order valence-electron chi connectivity index (χ4n) is 3.06. The number of hydrogen-bond acceptors (Lipinski definition) is 9.